The van der Waals surface area contributed by atoms with E-state index in [1.807, 2.05) is 49.9 Å². The molecule has 284 valence electrons. The summed E-state index contributed by atoms with van der Waals surface area (Å²) >= 11 is 2.27. The number of rotatable bonds is 10. The second-order valence-electron chi connectivity index (χ2n) is 14.7. The van der Waals surface area contributed by atoms with Gasteiger partial charge in [-0.2, -0.15) is 0 Å². The third-order valence-electron chi connectivity index (χ3n) is 9.59. The Bertz CT molecular complexity index is 1680. The maximum Gasteiger partial charge on any atom is 0.409 e. The topological polar surface area (TPSA) is 120 Å². The average molecular weight is 839 g/mol. The van der Waals surface area contributed by atoms with Gasteiger partial charge in [-0.05, 0) is 96.2 Å². The number of esters is 1. The molecule has 0 atom stereocenters. The molecule has 0 unspecified atom stereocenters. The van der Waals surface area contributed by atoms with E-state index in [1.54, 1.807) is 14.7 Å². The molecule has 5 rings (SSSR count). The van der Waals surface area contributed by atoms with Crippen LogP contribution >= 0.6 is 22.6 Å². The minimum atomic E-state index is -0.983. The van der Waals surface area contributed by atoms with Crippen molar-refractivity contribution in [3.63, 3.8) is 0 Å². The lowest BCUT2D eigenvalue weighted by molar-refractivity contribution is -0.156. The largest absolute Gasteiger partial charge is 0.480 e. The van der Waals surface area contributed by atoms with E-state index in [1.165, 1.54) is 5.56 Å². The molecule has 0 bridgehead atoms. The highest BCUT2D eigenvalue weighted by molar-refractivity contribution is 14.1. The number of benzene rings is 3. The molecule has 3 aromatic rings. The summed E-state index contributed by atoms with van der Waals surface area (Å²) in [5.41, 5.74) is 5.00. The van der Waals surface area contributed by atoms with Crippen molar-refractivity contribution in [2.45, 2.75) is 51.6 Å². The number of nitrogens with zero attached hydrogens (tertiary/aromatic N) is 4. The first-order chi connectivity index (χ1) is 25.4. The van der Waals surface area contributed by atoms with Crippen LogP contribution in [0.1, 0.15) is 56.2 Å². The van der Waals surface area contributed by atoms with Crippen molar-refractivity contribution in [3.05, 3.63) is 93.1 Å². The summed E-state index contributed by atoms with van der Waals surface area (Å²) in [7, 11) is 0. The van der Waals surface area contributed by atoms with E-state index in [0.29, 0.717) is 45.6 Å². The predicted molar refractivity (Wildman–Crippen MR) is 212 cm³/mol. The molecule has 2 amide bonds. The number of hydrogen-bond donors (Lipinski definition) is 1. The lowest BCUT2D eigenvalue weighted by atomic mass is 9.98. The van der Waals surface area contributed by atoms with E-state index in [4.69, 9.17) is 9.47 Å². The third-order valence-corrected chi connectivity index (χ3v) is 10.3. The monoisotopic (exact) mass is 838 g/mol. The zero-order valence-electron chi connectivity index (χ0n) is 31.0. The molecule has 2 aliphatic rings. The zero-order valence-corrected chi connectivity index (χ0v) is 33.1. The van der Waals surface area contributed by atoms with Crippen molar-refractivity contribution in [2.75, 3.05) is 72.1 Å². The summed E-state index contributed by atoms with van der Waals surface area (Å²) in [5.74, 6) is -1.49. The normalized spacial score (nSPS) is 16.2. The lowest BCUT2D eigenvalue weighted by Crippen LogP contribution is -2.50. The number of carboxylic acids is 1. The number of amides is 2. The molecule has 1 fully saturated rings. The van der Waals surface area contributed by atoms with Gasteiger partial charge in [-0.1, -0.05) is 60.7 Å². The number of aliphatic carboxylic acids is 1. The maximum absolute atomic E-state index is 13.8. The van der Waals surface area contributed by atoms with Crippen LogP contribution in [0.4, 0.5) is 4.79 Å². The highest BCUT2D eigenvalue weighted by atomic mass is 127. The van der Waals surface area contributed by atoms with Gasteiger partial charge >= 0.3 is 18.0 Å². The maximum atomic E-state index is 13.8. The fourth-order valence-electron chi connectivity index (χ4n) is 6.93. The van der Waals surface area contributed by atoms with Gasteiger partial charge in [0.15, 0.2) is 0 Å². The fraction of sp³-hybridized carbons (Fsp3) is 0.463. The van der Waals surface area contributed by atoms with Gasteiger partial charge in [0.05, 0.1) is 13.1 Å². The second kappa shape index (κ2) is 18.8. The van der Waals surface area contributed by atoms with Gasteiger partial charge in [0, 0.05) is 68.3 Å². The summed E-state index contributed by atoms with van der Waals surface area (Å²) in [5, 5.41) is 9.73. The van der Waals surface area contributed by atoms with Gasteiger partial charge in [0.25, 0.3) is 0 Å². The van der Waals surface area contributed by atoms with E-state index in [0.717, 1.165) is 32.2 Å². The van der Waals surface area contributed by atoms with Crippen LogP contribution in [-0.4, -0.2) is 126 Å². The Hall–Kier alpha value is -4.01. The van der Waals surface area contributed by atoms with Crippen molar-refractivity contribution in [1.29, 1.82) is 0 Å². The molecule has 1 aliphatic heterocycles. The molecule has 3 aromatic carbocycles. The molecule has 0 spiro atoms. The van der Waals surface area contributed by atoms with Gasteiger partial charge < -0.3 is 24.4 Å². The number of carbonyl (C=O) groups is 4. The molecule has 0 saturated carbocycles. The molecule has 1 heterocycles. The highest BCUT2D eigenvalue weighted by Crippen LogP contribution is 2.44. The van der Waals surface area contributed by atoms with Gasteiger partial charge in [0.1, 0.15) is 12.2 Å². The quantitative estimate of drug-likeness (QED) is 0.202. The SMILES string of the molecule is CC(C)(C)OC(=O)CN1CCN(C(=O)CCCc2ccc(I)cc2)CCN(CC(=O)O)CCN(C(=O)OCC2c3ccccc3-c3ccccc32)CC1. The van der Waals surface area contributed by atoms with Crippen LogP contribution in [-0.2, 0) is 30.3 Å². The van der Waals surface area contributed by atoms with Crippen molar-refractivity contribution in [3.8, 4) is 11.1 Å². The van der Waals surface area contributed by atoms with Crippen LogP contribution in [0.5, 0.6) is 0 Å². The van der Waals surface area contributed by atoms with Crippen LogP contribution in [0.15, 0.2) is 72.8 Å². The van der Waals surface area contributed by atoms with Crippen molar-refractivity contribution in [2.24, 2.45) is 0 Å². The van der Waals surface area contributed by atoms with Crippen LogP contribution < -0.4 is 0 Å². The number of ether oxygens (including phenoxy) is 2. The second-order valence-corrected chi connectivity index (χ2v) is 15.9. The first-order valence-electron chi connectivity index (χ1n) is 18.4. The predicted octanol–water partition coefficient (Wildman–Crippen LogP) is 5.74. The number of aryl methyl sites for hydroxylation is 1. The Morgan fingerprint density at radius 1 is 0.736 bits per heavy atom. The van der Waals surface area contributed by atoms with Crippen LogP contribution in [0, 0.1) is 3.57 Å². The lowest BCUT2D eigenvalue weighted by Gasteiger charge is -2.34. The smallest absolute Gasteiger partial charge is 0.409 e. The van der Waals surface area contributed by atoms with Gasteiger partial charge in [0.2, 0.25) is 5.91 Å². The summed E-state index contributed by atoms with van der Waals surface area (Å²) in [4.78, 5) is 59.3. The Kier molecular flexibility index (Phi) is 14.3. The van der Waals surface area contributed by atoms with Crippen LogP contribution in [0.2, 0.25) is 0 Å². The summed E-state index contributed by atoms with van der Waals surface area (Å²) in [6, 6.07) is 24.6. The molecule has 53 heavy (non-hydrogen) atoms. The number of carbonyl (C=O) groups excluding carboxylic acids is 3. The first-order valence-corrected chi connectivity index (χ1v) is 19.4. The minimum Gasteiger partial charge on any atom is -0.480 e. The molecule has 12 heteroatoms. The average Bonchev–Trinajstić information content (AvgIpc) is 3.42. The molecule has 0 aromatic heterocycles. The summed E-state index contributed by atoms with van der Waals surface area (Å²) in [6.45, 7) is 7.81. The molecule has 1 saturated heterocycles. The van der Waals surface area contributed by atoms with Gasteiger partial charge in [-0.3, -0.25) is 24.2 Å². The fourth-order valence-corrected chi connectivity index (χ4v) is 7.29. The minimum absolute atomic E-state index is 0.00419. The zero-order chi connectivity index (χ0) is 38.0. The standard InChI is InChI=1S/C41H51IN4O7/c1-41(2,3)53-39(50)28-44-20-24-45(37(47)14-8-9-30-15-17-31(42)18-16-30)23-19-43(27-38(48)49)21-25-46(26-22-44)40(51)52-29-36-34-12-6-4-10-32(34)33-11-5-7-13-35(33)36/h4-7,10-13,15-18,36H,8-9,14,19-29H2,1-3H3,(H,48,49). The summed E-state index contributed by atoms with van der Waals surface area (Å²) in [6.07, 6.45) is 1.32. The first kappa shape index (κ1) is 40.2. The highest BCUT2D eigenvalue weighted by Gasteiger charge is 2.31. The van der Waals surface area contributed by atoms with E-state index < -0.39 is 17.7 Å². The summed E-state index contributed by atoms with van der Waals surface area (Å²) < 4.78 is 12.8. The molecular formula is C41H51IN4O7. The molecule has 0 radical (unpaired) electrons. The van der Waals surface area contributed by atoms with Crippen LogP contribution in [0.25, 0.3) is 11.1 Å². The number of hydrogen-bond acceptors (Lipinski definition) is 8. The Balaban J connectivity index is 1.29. The Morgan fingerprint density at radius 2 is 1.26 bits per heavy atom. The molecular weight excluding hydrogens is 787 g/mol. The van der Waals surface area contributed by atoms with E-state index in [2.05, 4.69) is 71.1 Å². The van der Waals surface area contributed by atoms with E-state index in [-0.39, 0.29) is 57.1 Å². The third kappa shape index (κ3) is 12.0. The molecule has 11 nitrogen and oxygen atoms in total. The van der Waals surface area contributed by atoms with E-state index >= 15 is 0 Å². The van der Waals surface area contributed by atoms with Crippen molar-refractivity contribution < 1.29 is 33.8 Å². The van der Waals surface area contributed by atoms with E-state index in [9.17, 15) is 24.3 Å². The Labute approximate surface area is 326 Å². The van der Waals surface area contributed by atoms with Gasteiger partial charge in [-0.15, -0.1) is 0 Å². The van der Waals surface area contributed by atoms with Crippen LogP contribution in [0.3, 0.4) is 0 Å². The van der Waals surface area contributed by atoms with Gasteiger partial charge in [-0.25, -0.2) is 4.79 Å². The Morgan fingerprint density at radius 3 is 1.81 bits per heavy atom. The molecule has 1 aliphatic carbocycles. The van der Waals surface area contributed by atoms with Crippen molar-refractivity contribution in [1.82, 2.24) is 19.6 Å². The number of fused-ring (bicyclic) bond motifs is 3. The molecule has 1 N–H and O–H groups in total. The number of halogens is 1. The van der Waals surface area contributed by atoms with Crippen molar-refractivity contribution >= 4 is 46.5 Å². The number of carboxylic acid groups (broad SMARTS) is 1.